The van der Waals surface area contributed by atoms with E-state index in [-0.39, 0.29) is 13.0 Å². The van der Waals surface area contributed by atoms with Crippen LogP contribution in [0.3, 0.4) is 0 Å². The first-order valence-corrected chi connectivity index (χ1v) is 9.95. The molecule has 0 bridgehead atoms. The number of benzene rings is 2. The van der Waals surface area contributed by atoms with E-state index in [1.165, 1.54) is 0 Å². The summed E-state index contributed by atoms with van der Waals surface area (Å²) in [7, 11) is 1.61. The predicted octanol–water partition coefficient (Wildman–Crippen LogP) is 4.36. The monoisotopic (exact) mass is 438 g/mol. The molecule has 0 aliphatic rings. The van der Waals surface area contributed by atoms with Gasteiger partial charge in [0.25, 0.3) is 0 Å². The lowest BCUT2D eigenvalue weighted by Crippen LogP contribution is -2.46. The highest BCUT2D eigenvalue weighted by atomic mass is 35.5. The molecular weight excluding hydrogens is 415 g/mol. The number of ether oxygens (including phenoxy) is 2. The Kier molecular flexibility index (Phi) is 8.76. The minimum atomic E-state index is -0.741. The molecule has 2 aromatic rings. The zero-order chi connectivity index (χ0) is 21.4. The first kappa shape index (κ1) is 23.0. The first-order valence-electron chi connectivity index (χ1n) is 9.19. The van der Waals surface area contributed by atoms with Gasteiger partial charge < -0.3 is 20.1 Å². The fourth-order valence-electron chi connectivity index (χ4n) is 2.80. The fourth-order valence-corrected chi connectivity index (χ4v) is 3.29. The van der Waals surface area contributed by atoms with Crippen molar-refractivity contribution in [2.24, 2.45) is 0 Å². The molecule has 2 rings (SSSR count). The molecule has 156 valence electrons. The minimum absolute atomic E-state index is 0.00877. The van der Waals surface area contributed by atoms with Gasteiger partial charge in [-0.3, -0.25) is 9.59 Å². The van der Waals surface area contributed by atoms with Gasteiger partial charge in [0.2, 0.25) is 0 Å². The lowest BCUT2D eigenvalue weighted by Gasteiger charge is -2.22. The highest BCUT2D eigenvalue weighted by Gasteiger charge is 2.28. The summed E-state index contributed by atoms with van der Waals surface area (Å²) in [5.74, 6) is -0.938. The quantitative estimate of drug-likeness (QED) is 0.566. The average Bonchev–Trinajstić information content (AvgIpc) is 2.66. The lowest BCUT2D eigenvalue weighted by atomic mass is 10.1. The zero-order valence-electron chi connectivity index (χ0n) is 16.5. The first-order chi connectivity index (χ1) is 13.9. The van der Waals surface area contributed by atoms with Crippen molar-refractivity contribution in [1.29, 1.82) is 0 Å². The smallest absolute Gasteiger partial charge is 0.326 e. The van der Waals surface area contributed by atoms with E-state index in [4.69, 9.17) is 32.7 Å². The van der Waals surface area contributed by atoms with Crippen LogP contribution in [0.1, 0.15) is 19.4 Å². The van der Waals surface area contributed by atoms with Gasteiger partial charge in [-0.15, -0.1) is 0 Å². The van der Waals surface area contributed by atoms with Crippen LogP contribution in [0.15, 0.2) is 42.5 Å². The maximum Gasteiger partial charge on any atom is 0.326 e. The molecule has 0 aromatic heterocycles. The number of carbonyl (C=O) groups is 2. The summed E-state index contributed by atoms with van der Waals surface area (Å²) >= 11 is 12.4. The van der Waals surface area contributed by atoms with Gasteiger partial charge in [0, 0.05) is 5.69 Å². The van der Waals surface area contributed by atoms with Gasteiger partial charge in [0.1, 0.15) is 12.1 Å². The number of hydrogen-bond donors (Lipinski definition) is 2. The van der Waals surface area contributed by atoms with Crippen LogP contribution in [-0.2, 0) is 25.5 Å². The second-order valence-corrected chi connectivity index (χ2v) is 7.08. The third-order valence-electron chi connectivity index (χ3n) is 4.21. The van der Waals surface area contributed by atoms with E-state index >= 15 is 0 Å². The van der Waals surface area contributed by atoms with Crippen molar-refractivity contribution < 1.29 is 19.1 Å². The van der Waals surface area contributed by atoms with Crippen LogP contribution >= 0.6 is 23.2 Å². The molecule has 0 spiro atoms. The summed E-state index contributed by atoms with van der Waals surface area (Å²) in [5.41, 5.74) is 1.95. The Labute approximate surface area is 180 Å². The number of carbonyl (C=O) groups excluding carboxylic acids is 2. The molecular formula is C21H24Cl2N2O4. The van der Waals surface area contributed by atoms with Crippen molar-refractivity contribution in [3.63, 3.8) is 0 Å². The topological polar surface area (TPSA) is 76.7 Å². The normalized spacial score (nSPS) is 12.7. The van der Waals surface area contributed by atoms with E-state index in [0.29, 0.717) is 27.0 Å². The van der Waals surface area contributed by atoms with Crippen LogP contribution in [0.4, 0.5) is 11.4 Å². The molecule has 0 saturated heterocycles. The number of esters is 2. The highest BCUT2D eigenvalue weighted by molar-refractivity contribution is 6.39. The minimum Gasteiger partial charge on any atom is -0.465 e. The van der Waals surface area contributed by atoms with Crippen LogP contribution in [0.25, 0.3) is 0 Å². The number of hydrogen-bond acceptors (Lipinski definition) is 6. The van der Waals surface area contributed by atoms with E-state index in [9.17, 15) is 9.59 Å². The Morgan fingerprint density at radius 2 is 1.72 bits per heavy atom. The summed E-state index contributed by atoms with van der Waals surface area (Å²) in [4.78, 5) is 24.4. The molecule has 6 nitrogen and oxygen atoms in total. The number of para-hydroxylation sites is 2. The van der Waals surface area contributed by atoms with Crippen molar-refractivity contribution >= 4 is 46.5 Å². The summed E-state index contributed by atoms with van der Waals surface area (Å²) < 4.78 is 10.4. The molecule has 2 N–H and O–H groups in total. The number of rotatable bonds is 9. The Bertz CT molecular complexity index is 840. The van der Waals surface area contributed by atoms with E-state index < -0.39 is 24.1 Å². The van der Waals surface area contributed by atoms with Gasteiger partial charge >= 0.3 is 11.9 Å². The van der Waals surface area contributed by atoms with Crippen LogP contribution in [-0.4, -0.2) is 37.7 Å². The van der Waals surface area contributed by atoms with Crippen molar-refractivity contribution in [1.82, 2.24) is 5.32 Å². The van der Waals surface area contributed by atoms with Crippen LogP contribution < -0.4 is 10.6 Å². The Hall–Kier alpha value is -2.28. The molecule has 2 aromatic carbocycles. The molecule has 8 heteroatoms. The third kappa shape index (κ3) is 6.35. The van der Waals surface area contributed by atoms with Gasteiger partial charge in [-0.2, -0.15) is 0 Å². The molecule has 0 amide bonds. The van der Waals surface area contributed by atoms with Gasteiger partial charge in [0.05, 0.1) is 28.8 Å². The van der Waals surface area contributed by atoms with Gasteiger partial charge in [-0.25, -0.2) is 0 Å². The van der Waals surface area contributed by atoms with E-state index in [1.54, 1.807) is 45.2 Å². The summed E-state index contributed by atoms with van der Waals surface area (Å²) in [6.07, 6.45) is -0.681. The summed E-state index contributed by atoms with van der Waals surface area (Å²) in [6, 6.07) is 11.7. The van der Waals surface area contributed by atoms with Crippen LogP contribution in [0.2, 0.25) is 10.0 Å². The molecule has 0 unspecified atom stereocenters. The van der Waals surface area contributed by atoms with E-state index in [1.807, 2.05) is 18.2 Å². The Balaban J connectivity index is 2.10. The van der Waals surface area contributed by atoms with Crippen LogP contribution in [0.5, 0.6) is 0 Å². The molecule has 0 saturated carbocycles. The summed E-state index contributed by atoms with van der Waals surface area (Å²) in [5, 5.41) is 6.93. The second-order valence-electron chi connectivity index (χ2n) is 6.27. The maximum absolute atomic E-state index is 12.5. The SMILES string of the molecule is CCOC(=O)[C@@H](NC)[C@@H](C)OC(=O)Cc1ccccc1Nc1c(Cl)cccc1Cl. The number of halogens is 2. The standard InChI is InChI=1S/C21H24Cl2N2O4/c1-4-28-21(27)19(24-3)13(2)29-18(26)12-14-8-5-6-11-17(14)25-20-15(22)9-7-10-16(20)23/h5-11,13,19,24-25H,4,12H2,1-3H3/t13-,19+/m1/s1. The number of likely N-dealkylation sites (N-methyl/N-ethyl adjacent to an activating group) is 1. The fraction of sp³-hybridized carbons (Fsp3) is 0.333. The number of nitrogens with one attached hydrogen (secondary N) is 2. The highest BCUT2D eigenvalue weighted by Crippen LogP contribution is 2.33. The van der Waals surface area contributed by atoms with E-state index in [0.717, 1.165) is 0 Å². The molecule has 0 heterocycles. The maximum atomic E-state index is 12.5. The van der Waals surface area contributed by atoms with Crippen molar-refractivity contribution in [2.45, 2.75) is 32.4 Å². The van der Waals surface area contributed by atoms with Crippen molar-refractivity contribution in [3.05, 3.63) is 58.1 Å². The largest absolute Gasteiger partial charge is 0.465 e. The van der Waals surface area contributed by atoms with Crippen molar-refractivity contribution in [2.75, 3.05) is 19.0 Å². The molecule has 0 fully saturated rings. The zero-order valence-corrected chi connectivity index (χ0v) is 18.0. The van der Waals surface area contributed by atoms with Gasteiger partial charge in [0.15, 0.2) is 0 Å². The number of anilines is 2. The Morgan fingerprint density at radius 1 is 1.07 bits per heavy atom. The second kappa shape index (κ2) is 11.0. The van der Waals surface area contributed by atoms with Gasteiger partial charge in [-0.1, -0.05) is 47.5 Å². The Morgan fingerprint density at radius 3 is 2.34 bits per heavy atom. The third-order valence-corrected chi connectivity index (χ3v) is 4.84. The van der Waals surface area contributed by atoms with E-state index in [2.05, 4.69) is 10.6 Å². The predicted molar refractivity (Wildman–Crippen MR) is 115 cm³/mol. The van der Waals surface area contributed by atoms with Crippen molar-refractivity contribution in [3.8, 4) is 0 Å². The molecule has 0 radical (unpaired) electrons. The summed E-state index contributed by atoms with van der Waals surface area (Å²) in [6.45, 7) is 3.61. The molecule has 0 aliphatic carbocycles. The lowest BCUT2D eigenvalue weighted by molar-refractivity contribution is -0.156. The van der Waals surface area contributed by atoms with Gasteiger partial charge in [-0.05, 0) is 44.7 Å². The molecule has 0 aliphatic heterocycles. The molecule has 29 heavy (non-hydrogen) atoms. The van der Waals surface area contributed by atoms with Crippen LogP contribution in [0, 0.1) is 0 Å². The average molecular weight is 439 g/mol. The molecule has 2 atom stereocenters.